The number of aryl methyl sites for hydroxylation is 1. The maximum atomic E-state index is 11.9. The van der Waals surface area contributed by atoms with Gasteiger partial charge in [-0.2, -0.15) is 0 Å². The van der Waals surface area contributed by atoms with E-state index in [9.17, 15) is 4.79 Å². The minimum atomic E-state index is -0.0773. The van der Waals surface area contributed by atoms with E-state index < -0.39 is 0 Å². The highest BCUT2D eigenvalue weighted by Gasteiger charge is 2.28. The zero-order valence-corrected chi connectivity index (χ0v) is 12.5. The van der Waals surface area contributed by atoms with Gasteiger partial charge in [0.1, 0.15) is 6.10 Å². The van der Waals surface area contributed by atoms with E-state index in [-0.39, 0.29) is 12.1 Å². The number of carbonyl (C=O) groups is 1. The van der Waals surface area contributed by atoms with Crippen molar-refractivity contribution in [3.8, 4) is 0 Å². The van der Waals surface area contributed by atoms with Gasteiger partial charge in [0.2, 0.25) is 0 Å². The molecule has 3 heteroatoms. The lowest BCUT2D eigenvalue weighted by molar-refractivity contribution is -0.151. The number of rotatable bonds is 4. The molecule has 0 heterocycles. The Kier molecular flexibility index (Phi) is 4.69. The van der Waals surface area contributed by atoms with Gasteiger partial charge in [0.15, 0.2) is 0 Å². The quantitative estimate of drug-likeness (QED) is 0.673. The molecular weight excluding hydrogens is 250 g/mol. The molecular formula is C17H25NO2. The van der Waals surface area contributed by atoms with Gasteiger partial charge >= 0.3 is 5.97 Å². The Morgan fingerprint density at radius 2 is 1.85 bits per heavy atom. The summed E-state index contributed by atoms with van der Waals surface area (Å²) >= 11 is 0. The van der Waals surface area contributed by atoms with Gasteiger partial charge in [-0.3, -0.25) is 4.79 Å². The first-order valence-electron chi connectivity index (χ1n) is 7.48. The zero-order valence-electron chi connectivity index (χ0n) is 12.5. The highest BCUT2D eigenvalue weighted by atomic mass is 16.5. The number of hydrogen-bond donors (Lipinski definition) is 1. The highest BCUT2D eigenvalue weighted by molar-refractivity contribution is 5.70. The van der Waals surface area contributed by atoms with Crippen molar-refractivity contribution in [3.63, 3.8) is 0 Å². The first-order valence-corrected chi connectivity index (χ1v) is 7.48. The minimum absolute atomic E-state index is 0.0773. The first kappa shape index (κ1) is 14.9. The van der Waals surface area contributed by atoms with Gasteiger partial charge in [-0.25, -0.2) is 0 Å². The van der Waals surface area contributed by atoms with Gasteiger partial charge in [-0.15, -0.1) is 0 Å². The summed E-state index contributed by atoms with van der Waals surface area (Å²) in [5, 5.41) is 0. The third kappa shape index (κ3) is 4.55. The second-order valence-electron chi connectivity index (χ2n) is 6.60. The molecule has 0 aliphatic heterocycles. The van der Waals surface area contributed by atoms with E-state index in [1.54, 1.807) is 0 Å². The molecule has 0 atom stereocenters. The lowest BCUT2D eigenvalue weighted by atomic mass is 9.76. The van der Waals surface area contributed by atoms with Crippen molar-refractivity contribution in [2.24, 2.45) is 5.41 Å². The third-order valence-corrected chi connectivity index (χ3v) is 4.18. The van der Waals surface area contributed by atoms with Gasteiger partial charge in [0, 0.05) is 12.1 Å². The molecule has 0 radical (unpaired) electrons. The monoisotopic (exact) mass is 275 g/mol. The number of carbonyl (C=O) groups excluding carboxylic acids is 1. The largest absolute Gasteiger partial charge is 0.462 e. The number of anilines is 1. The Labute approximate surface area is 121 Å². The normalized spacial score (nSPS) is 18.7. The van der Waals surface area contributed by atoms with Crippen LogP contribution in [0, 0.1) is 5.41 Å². The Balaban J connectivity index is 1.72. The molecule has 0 bridgehead atoms. The molecule has 1 aromatic rings. The first-order chi connectivity index (χ1) is 9.44. The molecule has 0 aromatic heterocycles. The number of esters is 1. The average molecular weight is 275 g/mol. The maximum absolute atomic E-state index is 11.9. The average Bonchev–Trinajstić information content (AvgIpc) is 2.41. The van der Waals surface area contributed by atoms with Gasteiger partial charge in [0.05, 0.1) is 0 Å². The molecule has 2 N–H and O–H groups in total. The second kappa shape index (κ2) is 6.29. The molecule has 20 heavy (non-hydrogen) atoms. The van der Waals surface area contributed by atoms with Crippen molar-refractivity contribution in [2.45, 2.75) is 58.5 Å². The minimum Gasteiger partial charge on any atom is -0.462 e. The van der Waals surface area contributed by atoms with Gasteiger partial charge in [-0.05, 0) is 55.2 Å². The SMILES string of the molecule is CC1(C)CCC(OC(=O)CCc2ccc(N)cc2)CC1. The van der Waals surface area contributed by atoms with Crippen LogP contribution in [0.4, 0.5) is 5.69 Å². The summed E-state index contributed by atoms with van der Waals surface area (Å²) < 4.78 is 5.57. The zero-order chi connectivity index (χ0) is 14.6. The molecule has 0 spiro atoms. The van der Waals surface area contributed by atoms with E-state index >= 15 is 0 Å². The van der Waals surface area contributed by atoms with E-state index in [4.69, 9.17) is 10.5 Å². The summed E-state index contributed by atoms with van der Waals surface area (Å²) in [7, 11) is 0. The molecule has 1 aliphatic carbocycles. The molecule has 110 valence electrons. The Morgan fingerprint density at radius 3 is 2.45 bits per heavy atom. The van der Waals surface area contributed by atoms with Crippen LogP contribution in [0.5, 0.6) is 0 Å². The van der Waals surface area contributed by atoms with Gasteiger partial charge < -0.3 is 10.5 Å². The summed E-state index contributed by atoms with van der Waals surface area (Å²) in [6, 6.07) is 7.66. The van der Waals surface area contributed by atoms with E-state index in [2.05, 4.69) is 13.8 Å². The molecule has 1 fully saturated rings. The van der Waals surface area contributed by atoms with E-state index in [0.717, 1.165) is 43.4 Å². The molecule has 1 saturated carbocycles. The number of nitrogens with two attached hydrogens (primary N) is 1. The Bertz CT molecular complexity index is 441. The van der Waals surface area contributed by atoms with E-state index in [0.29, 0.717) is 11.8 Å². The molecule has 0 saturated heterocycles. The topological polar surface area (TPSA) is 52.3 Å². The smallest absolute Gasteiger partial charge is 0.306 e. The standard InChI is InChI=1S/C17H25NO2/c1-17(2)11-9-15(10-12-17)20-16(19)8-5-13-3-6-14(18)7-4-13/h3-4,6-7,15H,5,8-12,18H2,1-2H3. The van der Waals surface area contributed by atoms with Crippen molar-refractivity contribution in [3.05, 3.63) is 29.8 Å². The lowest BCUT2D eigenvalue weighted by Crippen LogP contribution is -2.28. The van der Waals surface area contributed by atoms with Crippen LogP contribution >= 0.6 is 0 Å². The van der Waals surface area contributed by atoms with Crippen LogP contribution in [-0.2, 0) is 16.0 Å². The number of benzene rings is 1. The molecule has 0 amide bonds. The Morgan fingerprint density at radius 1 is 1.25 bits per heavy atom. The molecule has 1 aromatic carbocycles. The van der Waals surface area contributed by atoms with E-state index in [1.165, 1.54) is 0 Å². The summed E-state index contributed by atoms with van der Waals surface area (Å²) in [6.07, 6.45) is 5.58. The van der Waals surface area contributed by atoms with Crippen molar-refractivity contribution < 1.29 is 9.53 Å². The molecule has 1 aliphatic rings. The second-order valence-corrected chi connectivity index (χ2v) is 6.60. The third-order valence-electron chi connectivity index (χ3n) is 4.18. The van der Waals surface area contributed by atoms with Crippen LogP contribution < -0.4 is 5.73 Å². The highest BCUT2D eigenvalue weighted by Crippen LogP contribution is 2.36. The molecule has 2 rings (SSSR count). The fraction of sp³-hybridized carbons (Fsp3) is 0.588. The number of hydrogen-bond acceptors (Lipinski definition) is 3. The fourth-order valence-electron chi connectivity index (χ4n) is 2.67. The number of nitrogen functional groups attached to an aromatic ring is 1. The summed E-state index contributed by atoms with van der Waals surface area (Å²) in [5.41, 5.74) is 7.92. The van der Waals surface area contributed by atoms with E-state index in [1.807, 2.05) is 24.3 Å². The molecule has 3 nitrogen and oxygen atoms in total. The lowest BCUT2D eigenvalue weighted by Gasteiger charge is -2.33. The summed E-state index contributed by atoms with van der Waals surface area (Å²) in [4.78, 5) is 11.9. The van der Waals surface area contributed by atoms with Crippen LogP contribution in [0.2, 0.25) is 0 Å². The summed E-state index contributed by atoms with van der Waals surface area (Å²) in [6.45, 7) is 4.57. The van der Waals surface area contributed by atoms with Gasteiger partial charge in [0.25, 0.3) is 0 Å². The van der Waals surface area contributed by atoms with Crippen LogP contribution in [0.3, 0.4) is 0 Å². The van der Waals surface area contributed by atoms with Crippen LogP contribution in [0.15, 0.2) is 24.3 Å². The molecule has 0 unspecified atom stereocenters. The number of ether oxygens (including phenoxy) is 1. The summed E-state index contributed by atoms with van der Waals surface area (Å²) in [5.74, 6) is -0.0773. The van der Waals surface area contributed by atoms with Crippen molar-refractivity contribution in [2.75, 3.05) is 5.73 Å². The van der Waals surface area contributed by atoms with Crippen molar-refractivity contribution >= 4 is 11.7 Å². The van der Waals surface area contributed by atoms with Crippen LogP contribution in [-0.4, -0.2) is 12.1 Å². The fourth-order valence-corrected chi connectivity index (χ4v) is 2.67. The van der Waals surface area contributed by atoms with Crippen molar-refractivity contribution in [1.29, 1.82) is 0 Å². The van der Waals surface area contributed by atoms with Crippen LogP contribution in [0.25, 0.3) is 0 Å². The van der Waals surface area contributed by atoms with Crippen molar-refractivity contribution in [1.82, 2.24) is 0 Å². The van der Waals surface area contributed by atoms with Crippen LogP contribution in [0.1, 0.15) is 51.5 Å². The predicted octanol–water partition coefficient (Wildman–Crippen LogP) is 3.71. The predicted molar refractivity (Wildman–Crippen MR) is 81.3 cm³/mol. The maximum Gasteiger partial charge on any atom is 0.306 e. The van der Waals surface area contributed by atoms with Gasteiger partial charge in [-0.1, -0.05) is 26.0 Å². The Hall–Kier alpha value is -1.51.